The summed E-state index contributed by atoms with van der Waals surface area (Å²) in [5.41, 5.74) is 6.27. The first-order chi connectivity index (χ1) is 8.72. The molecule has 0 unspecified atom stereocenters. The van der Waals surface area contributed by atoms with Gasteiger partial charge in [0, 0.05) is 0 Å². The topological polar surface area (TPSA) is 81.2 Å². The van der Waals surface area contributed by atoms with Crippen LogP contribution in [0.2, 0.25) is 0 Å². The van der Waals surface area contributed by atoms with Crippen LogP contribution >= 0.6 is 0 Å². The molecule has 1 heterocycles. The fourth-order valence-electron chi connectivity index (χ4n) is 1.39. The second-order valence-corrected chi connectivity index (χ2v) is 3.51. The smallest absolute Gasteiger partial charge is 0.237 e. The molecule has 0 aliphatic rings. The van der Waals surface area contributed by atoms with Crippen molar-refractivity contribution < 1.29 is 9.47 Å². The summed E-state index contributed by atoms with van der Waals surface area (Å²) in [5.74, 6) is 1.54. The van der Waals surface area contributed by atoms with Crippen LogP contribution in [0.3, 0.4) is 0 Å². The number of rotatable bonds is 3. The molecule has 0 atom stereocenters. The number of anilines is 1. The van der Waals surface area contributed by atoms with Crippen molar-refractivity contribution in [1.82, 2.24) is 4.98 Å². The van der Waals surface area contributed by atoms with Gasteiger partial charge in [0.15, 0.2) is 0 Å². The standard InChI is InChI=1S/C13H11N3O2/c1-17-11-2-4-12(5-3-11)18-13-9(7-14)6-10(15)8-16-13/h2-6,8H,15H2,1H3. The number of hydrogen-bond donors (Lipinski definition) is 1. The predicted octanol–water partition coefficient (Wildman–Crippen LogP) is 2.34. The van der Waals surface area contributed by atoms with Gasteiger partial charge in [-0.05, 0) is 30.3 Å². The third kappa shape index (κ3) is 2.50. The number of methoxy groups -OCH3 is 1. The first-order valence-electron chi connectivity index (χ1n) is 5.20. The molecule has 5 heteroatoms. The fourth-order valence-corrected chi connectivity index (χ4v) is 1.39. The van der Waals surface area contributed by atoms with E-state index in [1.807, 2.05) is 6.07 Å². The average Bonchev–Trinajstić information content (AvgIpc) is 2.41. The summed E-state index contributed by atoms with van der Waals surface area (Å²) in [4.78, 5) is 3.99. The van der Waals surface area contributed by atoms with E-state index < -0.39 is 0 Å². The van der Waals surface area contributed by atoms with Crippen LogP contribution < -0.4 is 15.2 Å². The third-order valence-electron chi connectivity index (χ3n) is 2.27. The quantitative estimate of drug-likeness (QED) is 0.891. The lowest BCUT2D eigenvalue weighted by Crippen LogP contribution is -1.94. The Morgan fingerprint density at radius 1 is 1.22 bits per heavy atom. The molecule has 0 aliphatic carbocycles. The number of nitrogen functional groups attached to an aromatic ring is 1. The second-order valence-electron chi connectivity index (χ2n) is 3.51. The molecule has 0 spiro atoms. The molecule has 0 saturated heterocycles. The Labute approximate surface area is 104 Å². The van der Waals surface area contributed by atoms with E-state index in [9.17, 15) is 0 Å². The molecule has 1 aromatic carbocycles. The third-order valence-corrected chi connectivity index (χ3v) is 2.27. The SMILES string of the molecule is COc1ccc(Oc2ncc(N)cc2C#N)cc1. The van der Waals surface area contributed by atoms with Crippen molar-refractivity contribution in [3.05, 3.63) is 42.1 Å². The monoisotopic (exact) mass is 241 g/mol. The molecule has 5 nitrogen and oxygen atoms in total. The van der Waals surface area contributed by atoms with Crippen LogP contribution in [0.4, 0.5) is 5.69 Å². The Morgan fingerprint density at radius 3 is 2.50 bits per heavy atom. The van der Waals surface area contributed by atoms with E-state index in [-0.39, 0.29) is 5.88 Å². The Bertz CT molecular complexity index is 588. The zero-order valence-electron chi connectivity index (χ0n) is 9.75. The molecule has 2 rings (SSSR count). The normalized spacial score (nSPS) is 9.56. The molecule has 18 heavy (non-hydrogen) atoms. The van der Waals surface area contributed by atoms with E-state index in [1.165, 1.54) is 12.3 Å². The van der Waals surface area contributed by atoms with Gasteiger partial charge in [-0.3, -0.25) is 0 Å². The van der Waals surface area contributed by atoms with Crippen molar-refractivity contribution in [3.63, 3.8) is 0 Å². The van der Waals surface area contributed by atoms with Gasteiger partial charge in [0.25, 0.3) is 0 Å². The molecule has 2 aromatic rings. The van der Waals surface area contributed by atoms with E-state index in [4.69, 9.17) is 20.5 Å². The van der Waals surface area contributed by atoms with Crippen LogP contribution in [0.1, 0.15) is 5.56 Å². The van der Waals surface area contributed by atoms with E-state index >= 15 is 0 Å². The molecule has 0 fully saturated rings. The Morgan fingerprint density at radius 2 is 1.89 bits per heavy atom. The van der Waals surface area contributed by atoms with Gasteiger partial charge in [0.2, 0.25) is 5.88 Å². The van der Waals surface area contributed by atoms with Crippen molar-refractivity contribution in [1.29, 1.82) is 5.26 Å². The van der Waals surface area contributed by atoms with Gasteiger partial charge in [-0.25, -0.2) is 4.98 Å². The summed E-state index contributed by atoms with van der Waals surface area (Å²) >= 11 is 0. The van der Waals surface area contributed by atoms with Crippen LogP contribution in [-0.2, 0) is 0 Å². The molecular formula is C13H11N3O2. The van der Waals surface area contributed by atoms with Crippen LogP contribution in [0.15, 0.2) is 36.5 Å². The van der Waals surface area contributed by atoms with Gasteiger partial charge in [-0.15, -0.1) is 0 Å². The highest BCUT2D eigenvalue weighted by Crippen LogP contribution is 2.25. The van der Waals surface area contributed by atoms with Crippen molar-refractivity contribution in [2.75, 3.05) is 12.8 Å². The number of ether oxygens (including phenoxy) is 2. The summed E-state index contributed by atoms with van der Waals surface area (Å²) < 4.78 is 10.6. The number of nitriles is 1. The van der Waals surface area contributed by atoms with Gasteiger partial charge in [0.1, 0.15) is 23.1 Å². The minimum absolute atomic E-state index is 0.233. The average molecular weight is 241 g/mol. The number of benzene rings is 1. The van der Waals surface area contributed by atoms with Crippen LogP contribution in [0.25, 0.3) is 0 Å². The minimum atomic E-state index is 0.233. The molecule has 0 aliphatic heterocycles. The van der Waals surface area contributed by atoms with Crippen molar-refractivity contribution in [2.45, 2.75) is 0 Å². The van der Waals surface area contributed by atoms with Gasteiger partial charge in [-0.2, -0.15) is 5.26 Å². The van der Waals surface area contributed by atoms with Crippen molar-refractivity contribution in [3.8, 4) is 23.4 Å². The lowest BCUT2D eigenvalue weighted by Gasteiger charge is -2.07. The summed E-state index contributed by atoms with van der Waals surface area (Å²) in [6.45, 7) is 0. The molecule has 0 bridgehead atoms. The van der Waals surface area contributed by atoms with E-state index in [1.54, 1.807) is 31.4 Å². The molecule has 2 N–H and O–H groups in total. The van der Waals surface area contributed by atoms with Gasteiger partial charge >= 0.3 is 0 Å². The lowest BCUT2D eigenvalue weighted by molar-refractivity contribution is 0.412. The van der Waals surface area contributed by atoms with Crippen LogP contribution in [0.5, 0.6) is 17.4 Å². The molecule has 0 saturated carbocycles. The minimum Gasteiger partial charge on any atom is -0.497 e. The lowest BCUT2D eigenvalue weighted by atomic mass is 10.2. The Kier molecular flexibility index (Phi) is 3.30. The summed E-state index contributed by atoms with van der Waals surface area (Å²) in [6.07, 6.45) is 1.44. The second kappa shape index (κ2) is 5.06. The maximum atomic E-state index is 8.96. The van der Waals surface area contributed by atoms with Crippen molar-refractivity contribution in [2.24, 2.45) is 0 Å². The highest BCUT2D eigenvalue weighted by molar-refractivity contribution is 5.49. The number of hydrogen-bond acceptors (Lipinski definition) is 5. The maximum absolute atomic E-state index is 8.96. The van der Waals surface area contributed by atoms with E-state index in [0.29, 0.717) is 17.0 Å². The van der Waals surface area contributed by atoms with Crippen LogP contribution in [-0.4, -0.2) is 12.1 Å². The highest BCUT2D eigenvalue weighted by atomic mass is 16.5. The Balaban J connectivity index is 2.25. The zero-order valence-corrected chi connectivity index (χ0v) is 9.75. The number of nitrogens with two attached hydrogens (primary N) is 1. The summed E-state index contributed by atoms with van der Waals surface area (Å²) in [6, 6.07) is 10.5. The fraction of sp³-hybridized carbons (Fsp3) is 0.0769. The first kappa shape index (κ1) is 11.7. The maximum Gasteiger partial charge on any atom is 0.237 e. The molecule has 90 valence electrons. The van der Waals surface area contributed by atoms with Gasteiger partial charge < -0.3 is 15.2 Å². The molecule has 0 radical (unpaired) electrons. The van der Waals surface area contributed by atoms with E-state index in [0.717, 1.165) is 5.75 Å². The Hall–Kier alpha value is -2.74. The number of nitrogens with zero attached hydrogens (tertiary/aromatic N) is 2. The molecule has 1 aromatic heterocycles. The van der Waals surface area contributed by atoms with E-state index in [2.05, 4.69) is 4.98 Å². The number of aromatic nitrogens is 1. The summed E-state index contributed by atoms with van der Waals surface area (Å²) in [5, 5.41) is 8.96. The highest BCUT2D eigenvalue weighted by Gasteiger charge is 2.07. The van der Waals surface area contributed by atoms with Crippen LogP contribution in [0, 0.1) is 11.3 Å². The van der Waals surface area contributed by atoms with Crippen molar-refractivity contribution >= 4 is 5.69 Å². The zero-order chi connectivity index (χ0) is 13.0. The van der Waals surface area contributed by atoms with Gasteiger partial charge in [0.05, 0.1) is 19.0 Å². The van der Waals surface area contributed by atoms with Gasteiger partial charge in [-0.1, -0.05) is 0 Å². The summed E-state index contributed by atoms with van der Waals surface area (Å²) in [7, 11) is 1.59. The largest absolute Gasteiger partial charge is 0.497 e. The first-order valence-corrected chi connectivity index (χ1v) is 5.20. The predicted molar refractivity (Wildman–Crippen MR) is 66.4 cm³/mol. The molecule has 0 amide bonds. The molecular weight excluding hydrogens is 230 g/mol. The number of pyridine rings is 1.